The minimum atomic E-state index is -1.19. The standard InChI is InChI=1S/C14H25N3O4/c1-17-6-2-3-11(10-17)9-15-13(20)16-14(12(18)19)4-7-21-8-5-14/h11H,2-10H2,1H3,(H,18,19)(H2,15,16,20). The lowest BCUT2D eigenvalue weighted by Crippen LogP contribution is -2.60. The Morgan fingerprint density at radius 3 is 2.71 bits per heavy atom. The summed E-state index contributed by atoms with van der Waals surface area (Å²) in [5.74, 6) is -0.552. The van der Waals surface area contributed by atoms with E-state index in [9.17, 15) is 14.7 Å². The second-order valence-corrected chi connectivity index (χ2v) is 6.11. The Kier molecular flexibility index (Phi) is 5.41. The molecule has 0 aliphatic carbocycles. The topological polar surface area (TPSA) is 90.9 Å². The summed E-state index contributed by atoms with van der Waals surface area (Å²) in [5, 5.41) is 14.8. The summed E-state index contributed by atoms with van der Waals surface area (Å²) in [6, 6.07) is -0.396. The first-order valence-corrected chi connectivity index (χ1v) is 7.57. The van der Waals surface area contributed by atoms with Crippen molar-refractivity contribution >= 4 is 12.0 Å². The van der Waals surface area contributed by atoms with Crippen LogP contribution in [0.15, 0.2) is 0 Å². The molecular weight excluding hydrogens is 274 g/mol. The Balaban J connectivity index is 1.81. The van der Waals surface area contributed by atoms with Gasteiger partial charge in [0.2, 0.25) is 0 Å². The molecule has 3 N–H and O–H groups in total. The van der Waals surface area contributed by atoms with Gasteiger partial charge in [-0.05, 0) is 32.4 Å². The van der Waals surface area contributed by atoms with E-state index in [1.807, 2.05) is 0 Å². The monoisotopic (exact) mass is 299 g/mol. The quantitative estimate of drug-likeness (QED) is 0.693. The second kappa shape index (κ2) is 7.09. The van der Waals surface area contributed by atoms with Crippen molar-refractivity contribution in [1.29, 1.82) is 0 Å². The Morgan fingerprint density at radius 2 is 2.10 bits per heavy atom. The van der Waals surface area contributed by atoms with Crippen LogP contribution in [0.1, 0.15) is 25.7 Å². The number of nitrogens with zero attached hydrogens (tertiary/aromatic N) is 1. The SMILES string of the molecule is CN1CCCC(CNC(=O)NC2(C(=O)O)CCOCC2)C1. The molecule has 0 spiro atoms. The van der Waals surface area contributed by atoms with Crippen molar-refractivity contribution < 1.29 is 19.4 Å². The van der Waals surface area contributed by atoms with Crippen molar-refractivity contribution in [2.75, 3.05) is 39.9 Å². The molecule has 2 rings (SSSR count). The summed E-state index contributed by atoms with van der Waals surface area (Å²) in [5.41, 5.74) is -1.19. The van der Waals surface area contributed by atoms with Crippen LogP contribution in [0.5, 0.6) is 0 Å². The van der Waals surface area contributed by atoms with Crippen LogP contribution in [0.2, 0.25) is 0 Å². The van der Waals surface area contributed by atoms with Gasteiger partial charge in [-0.15, -0.1) is 0 Å². The van der Waals surface area contributed by atoms with E-state index in [1.54, 1.807) is 0 Å². The first kappa shape index (κ1) is 16.0. The third kappa shape index (κ3) is 4.31. The van der Waals surface area contributed by atoms with E-state index in [-0.39, 0.29) is 0 Å². The van der Waals surface area contributed by atoms with Gasteiger partial charge in [-0.1, -0.05) is 0 Å². The van der Waals surface area contributed by atoms with Crippen molar-refractivity contribution in [3.8, 4) is 0 Å². The van der Waals surface area contributed by atoms with Crippen molar-refractivity contribution in [2.24, 2.45) is 5.92 Å². The molecule has 0 aromatic heterocycles. The molecule has 120 valence electrons. The number of hydrogen-bond acceptors (Lipinski definition) is 4. The lowest BCUT2D eigenvalue weighted by atomic mass is 9.90. The molecule has 2 aliphatic rings. The molecule has 2 heterocycles. The number of urea groups is 1. The van der Waals surface area contributed by atoms with E-state index in [2.05, 4.69) is 22.6 Å². The largest absolute Gasteiger partial charge is 0.480 e. The number of nitrogens with one attached hydrogen (secondary N) is 2. The minimum Gasteiger partial charge on any atom is -0.480 e. The summed E-state index contributed by atoms with van der Waals surface area (Å²) in [4.78, 5) is 25.7. The van der Waals surface area contributed by atoms with Crippen molar-refractivity contribution in [1.82, 2.24) is 15.5 Å². The molecule has 0 saturated carbocycles. The molecule has 0 bridgehead atoms. The van der Waals surface area contributed by atoms with Gasteiger partial charge in [0.1, 0.15) is 5.54 Å². The van der Waals surface area contributed by atoms with E-state index in [4.69, 9.17) is 4.74 Å². The Bertz CT molecular complexity index is 382. The maximum Gasteiger partial charge on any atom is 0.329 e. The number of carboxylic acids is 1. The zero-order valence-electron chi connectivity index (χ0n) is 12.6. The molecule has 0 radical (unpaired) electrons. The predicted molar refractivity (Wildman–Crippen MR) is 77.2 cm³/mol. The summed E-state index contributed by atoms with van der Waals surface area (Å²) in [7, 11) is 2.08. The number of carbonyl (C=O) groups is 2. The number of hydrogen-bond donors (Lipinski definition) is 3. The zero-order chi connectivity index (χ0) is 15.3. The van der Waals surface area contributed by atoms with Gasteiger partial charge in [0.25, 0.3) is 0 Å². The molecular formula is C14H25N3O4. The van der Waals surface area contributed by atoms with Gasteiger partial charge >= 0.3 is 12.0 Å². The Morgan fingerprint density at radius 1 is 1.38 bits per heavy atom. The molecule has 0 aromatic rings. The molecule has 7 nitrogen and oxygen atoms in total. The highest BCUT2D eigenvalue weighted by Gasteiger charge is 2.41. The number of carbonyl (C=O) groups excluding carboxylic acids is 1. The maximum absolute atomic E-state index is 12.0. The van der Waals surface area contributed by atoms with E-state index < -0.39 is 17.5 Å². The summed E-state index contributed by atoms with van der Waals surface area (Å²) < 4.78 is 5.18. The predicted octanol–water partition coefficient (Wildman–Crippen LogP) is 0.261. The third-order valence-corrected chi connectivity index (χ3v) is 4.38. The van der Waals surface area contributed by atoms with Gasteiger partial charge in [-0.3, -0.25) is 0 Å². The number of ether oxygens (including phenoxy) is 1. The average Bonchev–Trinajstić information content (AvgIpc) is 2.46. The van der Waals surface area contributed by atoms with Gasteiger partial charge in [0.05, 0.1) is 0 Å². The van der Waals surface area contributed by atoms with Gasteiger partial charge in [0.15, 0.2) is 0 Å². The van der Waals surface area contributed by atoms with Gasteiger partial charge < -0.3 is 25.4 Å². The van der Waals surface area contributed by atoms with Crippen LogP contribution in [-0.4, -0.2) is 67.4 Å². The fraction of sp³-hybridized carbons (Fsp3) is 0.857. The van der Waals surface area contributed by atoms with Gasteiger partial charge in [-0.25, -0.2) is 9.59 Å². The third-order valence-electron chi connectivity index (χ3n) is 4.38. The van der Waals surface area contributed by atoms with Crippen LogP contribution in [0.4, 0.5) is 4.79 Å². The first-order valence-electron chi connectivity index (χ1n) is 7.57. The zero-order valence-corrected chi connectivity index (χ0v) is 12.6. The summed E-state index contributed by atoms with van der Waals surface area (Å²) in [6.07, 6.45) is 2.85. The number of rotatable bonds is 4. The van der Waals surface area contributed by atoms with Gasteiger partial charge in [-0.2, -0.15) is 0 Å². The molecule has 2 aliphatic heterocycles. The van der Waals surface area contributed by atoms with Crippen LogP contribution in [0.25, 0.3) is 0 Å². The van der Waals surface area contributed by atoms with Crippen molar-refractivity contribution in [3.63, 3.8) is 0 Å². The highest BCUT2D eigenvalue weighted by atomic mass is 16.5. The van der Waals surface area contributed by atoms with Crippen LogP contribution in [0.3, 0.4) is 0 Å². The highest BCUT2D eigenvalue weighted by molar-refractivity contribution is 5.86. The molecule has 1 atom stereocenters. The van der Waals surface area contributed by atoms with Crippen LogP contribution in [0, 0.1) is 5.92 Å². The molecule has 7 heteroatoms. The normalized spacial score (nSPS) is 26.0. The van der Waals surface area contributed by atoms with E-state index in [1.165, 1.54) is 0 Å². The minimum absolute atomic E-state index is 0.307. The van der Waals surface area contributed by atoms with Crippen LogP contribution < -0.4 is 10.6 Å². The first-order chi connectivity index (χ1) is 10.0. The van der Waals surface area contributed by atoms with Crippen LogP contribution >= 0.6 is 0 Å². The van der Waals surface area contributed by atoms with Gasteiger partial charge in [0, 0.05) is 39.1 Å². The number of aliphatic carboxylic acids is 1. The molecule has 2 fully saturated rings. The highest BCUT2D eigenvalue weighted by Crippen LogP contribution is 2.21. The second-order valence-electron chi connectivity index (χ2n) is 6.11. The molecule has 0 aromatic carbocycles. The molecule has 1 unspecified atom stereocenters. The smallest absolute Gasteiger partial charge is 0.329 e. The lowest BCUT2D eigenvalue weighted by molar-refractivity contribution is -0.148. The number of likely N-dealkylation sites (tertiary alicyclic amines) is 1. The Hall–Kier alpha value is -1.34. The van der Waals surface area contributed by atoms with E-state index in [0.717, 1.165) is 25.9 Å². The van der Waals surface area contributed by atoms with E-state index in [0.29, 0.717) is 38.5 Å². The fourth-order valence-electron chi connectivity index (χ4n) is 3.05. The number of carboxylic acid groups (broad SMARTS) is 1. The molecule has 2 saturated heterocycles. The van der Waals surface area contributed by atoms with E-state index >= 15 is 0 Å². The molecule has 21 heavy (non-hydrogen) atoms. The fourth-order valence-corrected chi connectivity index (χ4v) is 3.05. The maximum atomic E-state index is 12.0. The van der Waals surface area contributed by atoms with Crippen molar-refractivity contribution in [3.05, 3.63) is 0 Å². The van der Waals surface area contributed by atoms with Crippen molar-refractivity contribution in [2.45, 2.75) is 31.2 Å². The average molecular weight is 299 g/mol. The molecule has 2 amide bonds. The van der Waals surface area contributed by atoms with Crippen LogP contribution in [-0.2, 0) is 9.53 Å². The lowest BCUT2D eigenvalue weighted by Gasteiger charge is -2.34. The number of amides is 2. The summed E-state index contributed by atoms with van der Waals surface area (Å²) in [6.45, 7) is 3.38. The Labute approximate surface area is 125 Å². The number of piperidine rings is 1. The summed E-state index contributed by atoms with van der Waals surface area (Å²) >= 11 is 0.